The zero-order chi connectivity index (χ0) is 17.0. The number of hydrogen-bond acceptors (Lipinski definition) is 4. The topological polar surface area (TPSA) is 44.1 Å². The molecule has 0 aliphatic rings. The summed E-state index contributed by atoms with van der Waals surface area (Å²) in [5.41, 5.74) is 2.82. The highest BCUT2D eigenvalue weighted by atomic mass is 32.2. The van der Waals surface area contributed by atoms with E-state index in [-0.39, 0.29) is 5.78 Å². The molecule has 0 saturated heterocycles. The third-order valence-electron chi connectivity index (χ3n) is 3.71. The molecule has 0 saturated carbocycles. The van der Waals surface area contributed by atoms with Crippen molar-refractivity contribution in [3.05, 3.63) is 41.2 Å². The Labute approximate surface area is 142 Å². The van der Waals surface area contributed by atoms with Crippen molar-refractivity contribution >= 4 is 17.5 Å². The minimum atomic E-state index is 0.0573. The summed E-state index contributed by atoms with van der Waals surface area (Å²) in [7, 11) is 1.58. The van der Waals surface area contributed by atoms with Gasteiger partial charge in [-0.05, 0) is 31.9 Å². The number of imidazole rings is 1. The lowest BCUT2D eigenvalue weighted by Crippen LogP contribution is -2.10. The number of carbonyl (C=O) groups is 1. The van der Waals surface area contributed by atoms with Crippen LogP contribution in [0.25, 0.3) is 0 Å². The third kappa shape index (κ3) is 4.16. The predicted octanol–water partition coefficient (Wildman–Crippen LogP) is 4.14. The number of aryl methyl sites for hydroxylation is 1. The molecule has 0 amide bonds. The second-order valence-electron chi connectivity index (χ2n) is 5.98. The molecule has 0 aliphatic heterocycles. The summed E-state index contributed by atoms with van der Waals surface area (Å²) in [4.78, 5) is 17.1. The van der Waals surface area contributed by atoms with E-state index in [9.17, 15) is 4.79 Å². The second-order valence-corrected chi connectivity index (χ2v) is 6.92. The fraction of sp³-hybridized carbons (Fsp3) is 0.444. The van der Waals surface area contributed by atoms with Gasteiger partial charge in [-0.25, -0.2) is 4.98 Å². The highest BCUT2D eigenvalue weighted by molar-refractivity contribution is 7.99. The number of rotatable bonds is 7. The first-order valence-corrected chi connectivity index (χ1v) is 8.75. The average molecular weight is 332 g/mol. The van der Waals surface area contributed by atoms with E-state index in [2.05, 4.69) is 30.3 Å². The van der Waals surface area contributed by atoms with Crippen LogP contribution in [-0.2, 0) is 6.54 Å². The molecule has 0 radical (unpaired) electrons. The van der Waals surface area contributed by atoms with Crippen LogP contribution in [0.15, 0.2) is 29.4 Å². The van der Waals surface area contributed by atoms with Crippen LogP contribution in [0.2, 0.25) is 0 Å². The summed E-state index contributed by atoms with van der Waals surface area (Å²) >= 11 is 1.49. The molecule has 0 fully saturated rings. The molecule has 1 aromatic carbocycles. The molecule has 5 heteroatoms. The Morgan fingerprint density at radius 2 is 2.00 bits per heavy atom. The fourth-order valence-corrected chi connectivity index (χ4v) is 3.38. The molecule has 0 bridgehead atoms. The number of hydrogen-bond donors (Lipinski definition) is 0. The Balaban J connectivity index is 2.14. The van der Waals surface area contributed by atoms with Gasteiger partial charge < -0.3 is 9.30 Å². The Bertz CT molecular complexity index is 692. The Morgan fingerprint density at radius 1 is 1.30 bits per heavy atom. The molecule has 2 aromatic rings. The van der Waals surface area contributed by atoms with Crippen molar-refractivity contribution in [3.8, 4) is 5.75 Å². The van der Waals surface area contributed by atoms with E-state index in [0.29, 0.717) is 23.0 Å². The minimum absolute atomic E-state index is 0.0573. The standard InChI is InChI=1S/C18H24N2O2S/c1-12(2)10-20-14(4)13(3)19-18(20)23-11-16(21)15-8-6-7-9-17(15)22-5/h6-9,12H,10-11H2,1-5H3. The first-order valence-electron chi connectivity index (χ1n) is 7.76. The SMILES string of the molecule is COc1ccccc1C(=O)CSc1nc(C)c(C)n1CC(C)C. The Hall–Kier alpha value is -1.75. The summed E-state index contributed by atoms with van der Waals surface area (Å²) in [6.07, 6.45) is 0. The van der Waals surface area contributed by atoms with Gasteiger partial charge in [-0.15, -0.1) is 0 Å². The lowest BCUT2D eigenvalue weighted by atomic mass is 10.1. The van der Waals surface area contributed by atoms with E-state index in [0.717, 1.165) is 17.4 Å². The van der Waals surface area contributed by atoms with Crippen molar-refractivity contribution in [1.82, 2.24) is 9.55 Å². The van der Waals surface area contributed by atoms with Crippen LogP contribution >= 0.6 is 11.8 Å². The van der Waals surface area contributed by atoms with E-state index in [1.165, 1.54) is 17.5 Å². The van der Waals surface area contributed by atoms with Crippen LogP contribution in [0.3, 0.4) is 0 Å². The van der Waals surface area contributed by atoms with Gasteiger partial charge in [0.1, 0.15) is 5.75 Å². The maximum atomic E-state index is 12.5. The number of para-hydroxylation sites is 1. The lowest BCUT2D eigenvalue weighted by Gasteiger charge is -2.12. The quantitative estimate of drug-likeness (QED) is 0.564. The highest BCUT2D eigenvalue weighted by Gasteiger charge is 2.16. The van der Waals surface area contributed by atoms with Crippen LogP contribution in [0.5, 0.6) is 5.75 Å². The molecule has 0 aliphatic carbocycles. The number of methoxy groups -OCH3 is 1. The highest BCUT2D eigenvalue weighted by Crippen LogP contribution is 2.25. The summed E-state index contributed by atoms with van der Waals surface area (Å²) in [5, 5.41) is 0.914. The van der Waals surface area contributed by atoms with Crippen LogP contribution in [0.1, 0.15) is 35.6 Å². The molecule has 0 N–H and O–H groups in total. The maximum Gasteiger partial charge on any atom is 0.176 e. The average Bonchev–Trinajstić information content (AvgIpc) is 2.79. The van der Waals surface area contributed by atoms with E-state index in [1.54, 1.807) is 13.2 Å². The molecule has 0 atom stereocenters. The first-order chi connectivity index (χ1) is 10.9. The van der Waals surface area contributed by atoms with Crippen LogP contribution in [-0.4, -0.2) is 28.2 Å². The first kappa shape index (κ1) is 17.6. The van der Waals surface area contributed by atoms with Crippen LogP contribution in [0, 0.1) is 19.8 Å². The van der Waals surface area contributed by atoms with Gasteiger partial charge in [0.05, 0.1) is 24.1 Å². The van der Waals surface area contributed by atoms with Gasteiger partial charge in [-0.1, -0.05) is 37.7 Å². The van der Waals surface area contributed by atoms with Gasteiger partial charge in [-0.2, -0.15) is 0 Å². The summed E-state index contributed by atoms with van der Waals surface area (Å²) in [5.74, 6) is 1.57. The molecule has 4 nitrogen and oxygen atoms in total. The van der Waals surface area contributed by atoms with Crippen molar-refractivity contribution in [2.45, 2.75) is 39.4 Å². The molecular formula is C18H24N2O2S. The number of Topliss-reactive ketones (excluding diaryl/α,β-unsaturated/α-hetero) is 1. The summed E-state index contributed by atoms with van der Waals surface area (Å²) in [6, 6.07) is 7.34. The monoisotopic (exact) mass is 332 g/mol. The zero-order valence-corrected chi connectivity index (χ0v) is 15.2. The number of benzene rings is 1. The normalized spacial score (nSPS) is 11.0. The maximum absolute atomic E-state index is 12.5. The van der Waals surface area contributed by atoms with Crippen molar-refractivity contribution in [1.29, 1.82) is 0 Å². The minimum Gasteiger partial charge on any atom is -0.496 e. The number of thioether (sulfide) groups is 1. The van der Waals surface area contributed by atoms with Crippen molar-refractivity contribution in [3.63, 3.8) is 0 Å². The molecule has 124 valence electrons. The van der Waals surface area contributed by atoms with Gasteiger partial charge in [0.15, 0.2) is 10.9 Å². The second kappa shape index (κ2) is 7.68. The van der Waals surface area contributed by atoms with Crippen molar-refractivity contribution in [2.24, 2.45) is 5.92 Å². The largest absolute Gasteiger partial charge is 0.496 e. The molecule has 0 spiro atoms. The number of ketones is 1. The number of aromatic nitrogens is 2. The predicted molar refractivity (Wildman–Crippen MR) is 94.6 cm³/mol. The Kier molecular flexibility index (Phi) is 5.88. The summed E-state index contributed by atoms with van der Waals surface area (Å²) < 4.78 is 7.48. The number of ether oxygens (including phenoxy) is 1. The zero-order valence-electron chi connectivity index (χ0n) is 14.4. The van der Waals surface area contributed by atoms with Crippen LogP contribution in [0.4, 0.5) is 0 Å². The Morgan fingerprint density at radius 3 is 2.65 bits per heavy atom. The van der Waals surface area contributed by atoms with Gasteiger partial charge in [0.2, 0.25) is 0 Å². The van der Waals surface area contributed by atoms with E-state index in [1.807, 2.05) is 25.1 Å². The van der Waals surface area contributed by atoms with E-state index >= 15 is 0 Å². The fourth-order valence-electron chi connectivity index (χ4n) is 2.40. The van der Waals surface area contributed by atoms with Crippen LogP contribution < -0.4 is 4.74 Å². The van der Waals surface area contributed by atoms with E-state index < -0.39 is 0 Å². The number of nitrogens with zero attached hydrogens (tertiary/aromatic N) is 2. The smallest absolute Gasteiger partial charge is 0.176 e. The molecule has 1 heterocycles. The molecule has 1 aromatic heterocycles. The van der Waals surface area contributed by atoms with Gasteiger partial charge in [0, 0.05) is 12.2 Å². The molecular weight excluding hydrogens is 308 g/mol. The van der Waals surface area contributed by atoms with E-state index in [4.69, 9.17) is 4.74 Å². The van der Waals surface area contributed by atoms with Crippen molar-refractivity contribution < 1.29 is 9.53 Å². The molecule has 2 rings (SSSR count). The molecule has 0 unspecified atom stereocenters. The van der Waals surface area contributed by atoms with Gasteiger partial charge in [-0.3, -0.25) is 4.79 Å². The van der Waals surface area contributed by atoms with Crippen molar-refractivity contribution in [2.75, 3.05) is 12.9 Å². The van der Waals surface area contributed by atoms with Gasteiger partial charge >= 0.3 is 0 Å². The van der Waals surface area contributed by atoms with Gasteiger partial charge in [0.25, 0.3) is 0 Å². The lowest BCUT2D eigenvalue weighted by molar-refractivity contribution is 0.101. The number of carbonyl (C=O) groups excluding carboxylic acids is 1. The summed E-state index contributed by atoms with van der Waals surface area (Å²) in [6.45, 7) is 9.37. The third-order valence-corrected chi connectivity index (χ3v) is 4.69. The molecule has 23 heavy (non-hydrogen) atoms.